The minimum Gasteiger partial charge on any atom is -0.230 e. The summed E-state index contributed by atoms with van der Waals surface area (Å²) in [6, 6.07) is 12.7. The lowest BCUT2D eigenvalue weighted by Crippen LogP contribution is -2.27. The highest BCUT2D eigenvalue weighted by molar-refractivity contribution is 8.01. The van der Waals surface area contributed by atoms with Gasteiger partial charge in [-0.05, 0) is 30.2 Å². The van der Waals surface area contributed by atoms with Gasteiger partial charge in [-0.2, -0.15) is 13.2 Å². The van der Waals surface area contributed by atoms with E-state index in [1.807, 2.05) is 24.3 Å². The minimum absolute atomic E-state index is 0.0950. The normalized spacial score (nSPS) is 12.5. The molecule has 4 nitrogen and oxygen atoms in total. The lowest BCUT2D eigenvalue weighted by atomic mass is 10.1. The maximum absolute atomic E-state index is 13.0. The third-order valence-corrected chi connectivity index (χ3v) is 7.54. The Bertz CT molecular complexity index is 1020. The molecule has 1 aromatic heterocycles. The number of alkyl halides is 3. The number of sulfonamides is 1. The molecule has 0 atom stereocenters. The number of hydrogen-bond acceptors (Lipinski definition) is 5. The van der Waals surface area contributed by atoms with Crippen LogP contribution in [-0.2, 0) is 22.7 Å². The number of aromatic nitrogens is 1. The van der Waals surface area contributed by atoms with Crippen LogP contribution < -0.4 is 4.72 Å². The molecule has 0 bridgehead atoms. The first kappa shape index (κ1) is 21.1. The predicted molar refractivity (Wildman–Crippen MR) is 107 cm³/mol. The molecule has 0 fully saturated rings. The van der Waals surface area contributed by atoms with Crippen LogP contribution in [0.1, 0.15) is 17.5 Å². The van der Waals surface area contributed by atoms with Crippen molar-refractivity contribution in [2.45, 2.75) is 23.5 Å². The summed E-state index contributed by atoms with van der Waals surface area (Å²) >= 11 is 3.02. The van der Waals surface area contributed by atoms with Crippen LogP contribution in [0.2, 0.25) is 0 Å². The van der Waals surface area contributed by atoms with Gasteiger partial charge in [-0.1, -0.05) is 42.1 Å². The smallest absolute Gasteiger partial charge is 0.230 e. The van der Waals surface area contributed by atoms with Crippen molar-refractivity contribution in [2.24, 2.45) is 0 Å². The molecule has 150 valence electrons. The Labute approximate surface area is 169 Å². The Kier molecular flexibility index (Phi) is 6.64. The molecule has 3 aromatic rings. The summed E-state index contributed by atoms with van der Waals surface area (Å²) in [5.41, 5.74) is -0.0147. The van der Waals surface area contributed by atoms with Crippen LogP contribution >= 0.6 is 23.1 Å². The second-order valence-electron chi connectivity index (χ2n) is 5.94. The van der Waals surface area contributed by atoms with Crippen LogP contribution in [0.25, 0.3) is 10.2 Å². The molecular formula is C18H17F3N2O2S3. The number of fused-ring (bicyclic) bond motifs is 1. The van der Waals surface area contributed by atoms with Gasteiger partial charge in [-0.3, -0.25) is 0 Å². The summed E-state index contributed by atoms with van der Waals surface area (Å²) in [6.07, 6.45) is -4.15. The highest BCUT2D eigenvalue weighted by atomic mass is 32.2. The van der Waals surface area contributed by atoms with E-state index in [1.165, 1.54) is 30.0 Å². The predicted octanol–water partition coefficient (Wildman–Crippen LogP) is 4.92. The average Bonchev–Trinajstić information content (AvgIpc) is 3.06. The van der Waals surface area contributed by atoms with E-state index < -0.39 is 21.8 Å². The van der Waals surface area contributed by atoms with Crippen LogP contribution in [0.4, 0.5) is 13.2 Å². The van der Waals surface area contributed by atoms with Crippen LogP contribution in [0.15, 0.2) is 52.9 Å². The van der Waals surface area contributed by atoms with Gasteiger partial charge in [-0.15, -0.1) is 11.3 Å². The Hall–Kier alpha value is -1.62. The molecule has 0 radical (unpaired) electrons. The first-order valence-electron chi connectivity index (χ1n) is 8.35. The van der Waals surface area contributed by atoms with E-state index in [0.717, 1.165) is 20.6 Å². The van der Waals surface area contributed by atoms with Gasteiger partial charge in [-0.25, -0.2) is 18.1 Å². The molecule has 0 aliphatic heterocycles. The largest absolute Gasteiger partial charge is 0.416 e. The van der Waals surface area contributed by atoms with Crippen molar-refractivity contribution in [2.75, 3.05) is 11.5 Å². The second kappa shape index (κ2) is 8.81. The zero-order chi connectivity index (χ0) is 20.2. The van der Waals surface area contributed by atoms with Gasteiger partial charge in [0.05, 0.1) is 21.5 Å². The summed E-state index contributed by atoms with van der Waals surface area (Å²) in [4.78, 5) is 4.47. The van der Waals surface area contributed by atoms with E-state index in [2.05, 4.69) is 9.71 Å². The Morgan fingerprint density at radius 1 is 1.07 bits per heavy atom. The fourth-order valence-electron chi connectivity index (χ4n) is 2.53. The van der Waals surface area contributed by atoms with Crippen LogP contribution in [0.3, 0.4) is 0 Å². The topological polar surface area (TPSA) is 59.1 Å². The van der Waals surface area contributed by atoms with Gasteiger partial charge in [0.25, 0.3) is 0 Å². The van der Waals surface area contributed by atoms with Gasteiger partial charge in [0.2, 0.25) is 10.0 Å². The number of nitrogens with one attached hydrogen (secondary N) is 1. The van der Waals surface area contributed by atoms with E-state index >= 15 is 0 Å². The summed E-state index contributed by atoms with van der Waals surface area (Å²) in [7, 11) is -3.67. The van der Waals surface area contributed by atoms with Crippen molar-refractivity contribution in [3.05, 3.63) is 59.7 Å². The lowest BCUT2D eigenvalue weighted by Gasteiger charge is -2.13. The maximum Gasteiger partial charge on any atom is 0.416 e. The molecule has 1 N–H and O–H groups in total. The molecule has 1 heterocycles. The van der Waals surface area contributed by atoms with E-state index in [-0.39, 0.29) is 17.9 Å². The standard InChI is InChI=1S/C18H17F3N2O2S3/c19-18(20,21)14-7-2-1-6-13(14)12-22-28(24,25)11-5-10-26-17-23-15-8-3-4-9-16(15)27-17/h1-4,6-9,22H,5,10-12H2. The lowest BCUT2D eigenvalue weighted by molar-refractivity contribution is -0.138. The molecule has 3 rings (SSSR count). The monoisotopic (exact) mass is 446 g/mol. The van der Waals surface area contributed by atoms with Crippen molar-refractivity contribution in [1.82, 2.24) is 9.71 Å². The van der Waals surface area contributed by atoms with E-state index in [4.69, 9.17) is 0 Å². The molecule has 0 aliphatic rings. The number of hydrogen-bond donors (Lipinski definition) is 1. The average molecular weight is 447 g/mol. The molecule has 0 saturated carbocycles. The molecule has 0 aliphatic carbocycles. The Morgan fingerprint density at radius 3 is 2.54 bits per heavy atom. The summed E-state index contributed by atoms with van der Waals surface area (Å²) in [6.45, 7) is -0.386. The number of para-hydroxylation sites is 1. The van der Waals surface area contributed by atoms with Gasteiger partial charge >= 0.3 is 6.18 Å². The molecule has 0 unspecified atom stereocenters. The molecule has 0 spiro atoms. The first-order valence-corrected chi connectivity index (χ1v) is 11.8. The van der Waals surface area contributed by atoms with Gasteiger partial charge in [0.1, 0.15) is 0 Å². The van der Waals surface area contributed by atoms with Gasteiger partial charge in [0, 0.05) is 12.3 Å². The number of halogens is 3. The summed E-state index contributed by atoms with van der Waals surface area (Å²) in [5.74, 6) is 0.402. The van der Waals surface area contributed by atoms with Crippen molar-refractivity contribution in [3.63, 3.8) is 0 Å². The fraction of sp³-hybridized carbons (Fsp3) is 0.278. The molecule has 0 saturated heterocycles. The fourth-order valence-corrected chi connectivity index (χ4v) is 5.84. The van der Waals surface area contributed by atoms with Crippen LogP contribution in [0.5, 0.6) is 0 Å². The molecule has 0 amide bonds. The molecule has 10 heteroatoms. The number of benzene rings is 2. The second-order valence-corrected chi connectivity index (χ2v) is 10.2. The Morgan fingerprint density at radius 2 is 1.79 bits per heavy atom. The van der Waals surface area contributed by atoms with E-state index in [1.54, 1.807) is 11.3 Å². The number of thiazole rings is 1. The summed E-state index contributed by atoms with van der Waals surface area (Å²) in [5, 5.41) is 0. The van der Waals surface area contributed by atoms with Crippen LogP contribution in [-0.4, -0.2) is 24.9 Å². The molecule has 2 aromatic carbocycles. The maximum atomic E-state index is 13.0. The number of nitrogens with zero attached hydrogens (tertiary/aromatic N) is 1. The highest BCUT2D eigenvalue weighted by Gasteiger charge is 2.32. The Balaban J connectivity index is 1.49. The molecule has 28 heavy (non-hydrogen) atoms. The van der Waals surface area contributed by atoms with Crippen molar-refractivity contribution in [3.8, 4) is 0 Å². The van der Waals surface area contributed by atoms with Crippen molar-refractivity contribution in [1.29, 1.82) is 0 Å². The number of rotatable bonds is 8. The SMILES string of the molecule is O=S(=O)(CCCSc1nc2ccccc2s1)NCc1ccccc1C(F)(F)F. The summed E-state index contributed by atoms with van der Waals surface area (Å²) < 4.78 is 67.3. The van der Waals surface area contributed by atoms with Crippen molar-refractivity contribution < 1.29 is 21.6 Å². The van der Waals surface area contributed by atoms with Gasteiger partial charge in [0.15, 0.2) is 4.34 Å². The van der Waals surface area contributed by atoms with Gasteiger partial charge < -0.3 is 0 Å². The van der Waals surface area contributed by atoms with Crippen LogP contribution in [0, 0.1) is 0 Å². The first-order chi connectivity index (χ1) is 13.2. The quantitative estimate of drug-likeness (QED) is 0.394. The zero-order valence-corrected chi connectivity index (χ0v) is 17.0. The third-order valence-electron chi connectivity index (χ3n) is 3.86. The highest BCUT2D eigenvalue weighted by Crippen LogP contribution is 2.32. The van der Waals surface area contributed by atoms with Crippen molar-refractivity contribution >= 4 is 43.3 Å². The van der Waals surface area contributed by atoms with E-state index in [9.17, 15) is 21.6 Å². The third kappa shape index (κ3) is 5.69. The zero-order valence-electron chi connectivity index (χ0n) is 14.6. The number of thioether (sulfide) groups is 1. The molecular weight excluding hydrogens is 429 g/mol. The van der Waals surface area contributed by atoms with E-state index in [0.29, 0.717) is 12.2 Å². The minimum atomic E-state index is -4.52.